The van der Waals surface area contributed by atoms with E-state index in [1.807, 2.05) is 32.6 Å². The molecule has 126 valence electrons. The maximum absolute atomic E-state index is 13.5. The van der Waals surface area contributed by atoms with Gasteiger partial charge in [-0.05, 0) is 55.5 Å². The van der Waals surface area contributed by atoms with Crippen LogP contribution in [0, 0.1) is 18.7 Å². The van der Waals surface area contributed by atoms with Gasteiger partial charge in [-0.3, -0.25) is 4.79 Å². The minimum Gasteiger partial charge on any atom is -0.377 e. The van der Waals surface area contributed by atoms with Crippen molar-refractivity contribution in [1.29, 1.82) is 0 Å². The highest BCUT2D eigenvalue weighted by molar-refractivity contribution is 5.96. The average molecular weight is 319 g/mol. The fraction of sp³-hybridized carbons (Fsp3) is 0.526. The number of benzene rings is 1. The standard InChI is InChI=1S/C19H26FNO2/c1-13(2)16(15-6-7-17(20)14(3)10-15)11-18(22)21-8-9-23-12-19(21,4)5/h6-7,10-11,13H,8-9,12H2,1-5H3/b16-11+. The zero-order valence-corrected chi connectivity index (χ0v) is 14.6. The number of ether oxygens (including phenoxy) is 1. The lowest BCUT2D eigenvalue weighted by Gasteiger charge is -2.41. The summed E-state index contributed by atoms with van der Waals surface area (Å²) in [5.41, 5.74) is 2.11. The van der Waals surface area contributed by atoms with Crippen molar-refractivity contribution in [3.8, 4) is 0 Å². The predicted molar refractivity (Wildman–Crippen MR) is 90.6 cm³/mol. The molecule has 1 aromatic carbocycles. The molecule has 0 spiro atoms. The molecule has 0 unspecified atom stereocenters. The molecule has 0 atom stereocenters. The maximum atomic E-state index is 13.5. The molecule has 0 radical (unpaired) electrons. The minimum atomic E-state index is -0.313. The lowest BCUT2D eigenvalue weighted by molar-refractivity contribution is -0.140. The van der Waals surface area contributed by atoms with E-state index in [4.69, 9.17) is 4.74 Å². The van der Waals surface area contributed by atoms with Gasteiger partial charge in [-0.1, -0.05) is 19.9 Å². The van der Waals surface area contributed by atoms with Crippen LogP contribution in [0.1, 0.15) is 38.8 Å². The monoisotopic (exact) mass is 319 g/mol. The van der Waals surface area contributed by atoms with E-state index in [-0.39, 0.29) is 23.2 Å². The summed E-state index contributed by atoms with van der Waals surface area (Å²) in [6.07, 6.45) is 1.70. The zero-order chi connectivity index (χ0) is 17.2. The van der Waals surface area contributed by atoms with Crippen LogP contribution in [0.5, 0.6) is 0 Å². The van der Waals surface area contributed by atoms with Crippen LogP contribution in [0.15, 0.2) is 24.3 Å². The predicted octanol–water partition coefficient (Wildman–Crippen LogP) is 3.81. The third-order valence-corrected chi connectivity index (χ3v) is 4.30. The molecule has 1 heterocycles. The molecule has 2 rings (SSSR count). The summed E-state index contributed by atoms with van der Waals surface area (Å²) in [4.78, 5) is 14.6. The summed E-state index contributed by atoms with van der Waals surface area (Å²) in [6, 6.07) is 5.01. The van der Waals surface area contributed by atoms with Crippen LogP contribution in [0.4, 0.5) is 4.39 Å². The van der Waals surface area contributed by atoms with Crippen molar-refractivity contribution in [2.45, 2.75) is 40.2 Å². The molecule has 4 heteroatoms. The topological polar surface area (TPSA) is 29.5 Å². The molecule has 0 aromatic heterocycles. The SMILES string of the molecule is Cc1cc(/C(=C/C(=O)N2CCOCC2(C)C)C(C)C)ccc1F. The van der Waals surface area contributed by atoms with Gasteiger partial charge < -0.3 is 9.64 Å². The van der Waals surface area contributed by atoms with Crippen molar-refractivity contribution in [2.24, 2.45) is 5.92 Å². The first-order valence-corrected chi connectivity index (χ1v) is 8.10. The summed E-state index contributed by atoms with van der Waals surface area (Å²) in [5.74, 6) is -0.0607. The number of halogens is 1. The Bertz CT molecular complexity index is 620. The molecular formula is C19H26FNO2. The van der Waals surface area contributed by atoms with Crippen LogP contribution in [-0.2, 0) is 9.53 Å². The van der Waals surface area contributed by atoms with Crippen LogP contribution in [0.25, 0.3) is 5.57 Å². The van der Waals surface area contributed by atoms with E-state index in [1.165, 1.54) is 6.07 Å². The van der Waals surface area contributed by atoms with Crippen LogP contribution in [-0.4, -0.2) is 36.1 Å². The van der Waals surface area contributed by atoms with E-state index < -0.39 is 0 Å². The molecule has 1 fully saturated rings. The van der Waals surface area contributed by atoms with Gasteiger partial charge in [0.05, 0.1) is 18.8 Å². The van der Waals surface area contributed by atoms with Crippen LogP contribution in [0.3, 0.4) is 0 Å². The Balaban J connectivity index is 2.34. The molecule has 0 saturated carbocycles. The first kappa shape index (κ1) is 17.7. The lowest BCUT2D eigenvalue weighted by Crippen LogP contribution is -2.55. The Morgan fingerprint density at radius 2 is 2.09 bits per heavy atom. The van der Waals surface area contributed by atoms with Gasteiger partial charge in [0.25, 0.3) is 0 Å². The summed E-state index contributed by atoms with van der Waals surface area (Å²) >= 11 is 0. The number of hydrogen-bond acceptors (Lipinski definition) is 2. The van der Waals surface area contributed by atoms with Crippen molar-refractivity contribution < 1.29 is 13.9 Å². The van der Waals surface area contributed by atoms with E-state index in [1.54, 1.807) is 25.1 Å². The molecule has 1 aromatic rings. The van der Waals surface area contributed by atoms with E-state index in [2.05, 4.69) is 0 Å². The minimum absolute atomic E-state index is 0.0102. The van der Waals surface area contributed by atoms with E-state index in [0.29, 0.717) is 25.3 Å². The largest absolute Gasteiger partial charge is 0.377 e. The van der Waals surface area contributed by atoms with Crippen LogP contribution in [0.2, 0.25) is 0 Å². The van der Waals surface area contributed by atoms with E-state index in [9.17, 15) is 9.18 Å². The van der Waals surface area contributed by atoms with Gasteiger partial charge in [0.1, 0.15) is 5.82 Å². The van der Waals surface area contributed by atoms with Gasteiger partial charge in [-0.15, -0.1) is 0 Å². The highest BCUT2D eigenvalue weighted by Gasteiger charge is 2.33. The number of rotatable bonds is 3. The van der Waals surface area contributed by atoms with Gasteiger partial charge in [-0.2, -0.15) is 0 Å². The third-order valence-electron chi connectivity index (χ3n) is 4.30. The van der Waals surface area contributed by atoms with Crippen molar-refractivity contribution >= 4 is 11.5 Å². The number of aryl methyl sites for hydroxylation is 1. The Labute approximate surface area is 138 Å². The molecule has 1 aliphatic heterocycles. The molecule has 23 heavy (non-hydrogen) atoms. The van der Waals surface area contributed by atoms with Crippen molar-refractivity contribution in [2.75, 3.05) is 19.8 Å². The van der Waals surface area contributed by atoms with Gasteiger partial charge >= 0.3 is 0 Å². The summed E-state index contributed by atoms with van der Waals surface area (Å²) in [5, 5.41) is 0. The number of carbonyl (C=O) groups is 1. The number of carbonyl (C=O) groups excluding carboxylic acids is 1. The van der Waals surface area contributed by atoms with Crippen molar-refractivity contribution in [1.82, 2.24) is 4.90 Å². The van der Waals surface area contributed by atoms with Crippen molar-refractivity contribution in [3.63, 3.8) is 0 Å². The Morgan fingerprint density at radius 3 is 2.65 bits per heavy atom. The molecular weight excluding hydrogens is 293 g/mol. The van der Waals surface area contributed by atoms with Crippen molar-refractivity contribution in [3.05, 3.63) is 41.2 Å². The average Bonchev–Trinajstić information content (AvgIpc) is 2.46. The quantitative estimate of drug-likeness (QED) is 0.793. The smallest absolute Gasteiger partial charge is 0.247 e. The molecule has 0 bridgehead atoms. The first-order chi connectivity index (χ1) is 10.7. The first-order valence-electron chi connectivity index (χ1n) is 8.10. The number of morpholine rings is 1. The van der Waals surface area contributed by atoms with Gasteiger partial charge in [0.2, 0.25) is 5.91 Å². The maximum Gasteiger partial charge on any atom is 0.247 e. The second-order valence-electron chi connectivity index (χ2n) is 7.07. The van der Waals surface area contributed by atoms with Gasteiger partial charge in [0.15, 0.2) is 0 Å². The molecule has 1 saturated heterocycles. The Kier molecular flexibility index (Phi) is 5.25. The summed E-state index contributed by atoms with van der Waals surface area (Å²) in [6.45, 7) is 11.5. The Hall–Kier alpha value is -1.68. The number of hydrogen-bond donors (Lipinski definition) is 0. The fourth-order valence-corrected chi connectivity index (χ4v) is 2.89. The normalized spacial score (nSPS) is 18.4. The molecule has 0 N–H and O–H groups in total. The van der Waals surface area contributed by atoms with E-state index in [0.717, 1.165) is 11.1 Å². The molecule has 1 aliphatic rings. The fourth-order valence-electron chi connectivity index (χ4n) is 2.89. The van der Waals surface area contributed by atoms with Gasteiger partial charge in [0, 0.05) is 12.6 Å². The van der Waals surface area contributed by atoms with Crippen LogP contribution < -0.4 is 0 Å². The molecule has 1 amide bonds. The Morgan fingerprint density at radius 1 is 1.39 bits per heavy atom. The second kappa shape index (κ2) is 6.83. The summed E-state index contributed by atoms with van der Waals surface area (Å²) in [7, 11) is 0. The van der Waals surface area contributed by atoms with E-state index >= 15 is 0 Å². The highest BCUT2D eigenvalue weighted by atomic mass is 19.1. The number of allylic oxidation sites excluding steroid dienone is 1. The highest BCUT2D eigenvalue weighted by Crippen LogP contribution is 2.27. The molecule has 0 aliphatic carbocycles. The lowest BCUT2D eigenvalue weighted by atomic mass is 9.93. The zero-order valence-electron chi connectivity index (χ0n) is 14.6. The second-order valence-corrected chi connectivity index (χ2v) is 7.07. The number of amides is 1. The van der Waals surface area contributed by atoms with Gasteiger partial charge in [-0.25, -0.2) is 4.39 Å². The third kappa shape index (κ3) is 3.99. The number of nitrogens with zero attached hydrogens (tertiary/aromatic N) is 1. The molecule has 3 nitrogen and oxygen atoms in total. The van der Waals surface area contributed by atoms with Crippen LogP contribution >= 0.6 is 0 Å². The summed E-state index contributed by atoms with van der Waals surface area (Å²) < 4.78 is 19.0.